The van der Waals surface area contributed by atoms with E-state index in [1.54, 1.807) is 0 Å². The molecule has 5 heteroatoms. The smallest absolute Gasteiger partial charge is 0.222 e. The number of hydrogen-bond donors (Lipinski definition) is 1. The molecule has 0 spiro atoms. The number of nitrogens with zero attached hydrogens (tertiary/aromatic N) is 2. The normalized spacial score (nSPS) is 24.1. The van der Waals surface area contributed by atoms with Gasteiger partial charge in [0.15, 0.2) is 0 Å². The zero-order chi connectivity index (χ0) is 18.2. The Labute approximate surface area is 157 Å². The number of carbonyl (C=O) groups is 1. The average molecular weight is 360 g/mol. The molecular weight excluding hydrogens is 326 g/mol. The van der Waals surface area contributed by atoms with Gasteiger partial charge in [-0.05, 0) is 44.3 Å². The predicted octanol–water partition coefficient (Wildman–Crippen LogP) is 2.27. The lowest BCUT2D eigenvalue weighted by Crippen LogP contribution is -2.53. The number of methoxy groups -OCH3 is 1. The van der Waals surface area contributed by atoms with Crippen molar-refractivity contribution in [3.05, 3.63) is 35.9 Å². The lowest BCUT2D eigenvalue weighted by atomic mass is 10.0. The van der Waals surface area contributed by atoms with Gasteiger partial charge >= 0.3 is 0 Å². The van der Waals surface area contributed by atoms with Crippen LogP contribution in [0.15, 0.2) is 30.3 Å². The van der Waals surface area contributed by atoms with E-state index < -0.39 is 0 Å². The Hall–Kier alpha value is -1.43. The van der Waals surface area contributed by atoms with E-state index in [9.17, 15) is 4.79 Å². The Balaban J connectivity index is 1.37. The third-order valence-electron chi connectivity index (χ3n) is 5.68. The third-order valence-corrected chi connectivity index (χ3v) is 5.68. The Bertz CT molecular complexity index is 545. The molecule has 3 rings (SSSR count). The first-order valence-electron chi connectivity index (χ1n) is 10.1. The van der Waals surface area contributed by atoms with Crippen LogP contribution in [0.25, 0.3) is 0 Å². The predicted molar refractivity (Wildman–Crippen MR) is 104 cm³/mol. The first-order valence-corrected chi connectivity index (χ1v) is 10.1. The zero-order valence-corrected chi connectivity index (χ0v) is 16.0. The molecule has 2 atom stereocenters. The molecule has 2 saturated heterocycles. The Morgan fingerprint density at radius 2 is 1.96 bits per heavy atom. The molecule has 0 aliphatic carbocycles. The van der Waals surface area contributed by atoms with Gasteiger partial charge in [0.2, 0.25) is 5.91 Å². The number of amides is 1. The van der Waals surface area contributed by atoms with Crippen molar-refractivity contribution in [3.8, 4) is 0 Å². The second-order valence-electron chi connectivity index (χ2n) is 7.53. The second kappa shape index (κ2) is 10.0. The molecule has 1 N–H and O–H groups in total. The number of carbonyl (C=O) groups excluding carboxylic acids is 1. The minimum absolute atomic E-state index is 0.210. The molecule has 2 fully saturated rings. The highest BCUT2D eigenvalue weighted by Crippen LogP contribution is 2.16. The van der Waals surface area contributed by atoms with E-state index in [1.165, 1.54) is 18.4 Å². The molecule has 0 saturated carbocycles. The number of benzene rings is 1. The lowest BCUT2D eigenvalue weighted by molar-refractivity contribution is -0.130. The fourth-order valence-electron chi connectivity index (χ4n) is 4.08. The summed E-state index contributed by atoms with van der Waals surface area (Å²) in [6.07, 6.45) is 5.28. The maximum atomic E-state index is 12.2. The van der Waals surface area contributed by atoms with Gasteiger partial charge in [0.05, 0.1) is 6.10 Å². The van der Waals surface area contributed by atoms with Crippen molar-refractivity contribution in [1.29, 1.82) is 0 Å². The van der Waals surface area contributed by atoms with Crippen LogP contribution in [0.3, 0.4) is 0 Å². The summed E-state index contributed by atoms with van der Waals surface area (Å²) in [5, 5.41) is 3.66. The summed E-state index contributed by atoms with van der Waals surface area (Å²) in [5.41, 5.74) is 1.31. The topological polar surface area (TPSA) is 44.8 Å². The molecule has 2 heterocycles. The van der Waals surface area contributed by atoms with Gasteiger partial charge in [0, 0.05) is 45.8 Å². The first-order chi connectivity index (χ1) is 12.8. The SMILES string of the molecule is CO[C@@H]1CN(CCCC(=O)N2CCCC2)CC[C@@H]1NCc1ccccc1. The lowest BCUT2D eigenvalue weighted by Gasteiger charge is -2.38. The summed E-state index contributed by atoms with van der Waals surface area (Å²) >= 11 is 0. The van der Waals surface area contributed by atoms with E-state index in [0.29, 0.717) is 18.4 Å². The van der Waals surface area contributed by atoms with Gasteiger partial charge in [0.25, 0.3) is 0 Å². The van der Waals surface area contributed by atoms with Gasteiger partial charge in [-0.2, -0.15) is 0 Å². The highest BCUT2D eigenvalue weighted by molar-refractivity contribution is 5.76. The van der Waals surface area contributed by atoms with Crippen LogP contribution in [0.5, 0.6) is 0 Å². The van der Waals surface area contributed by atoms with Gasteiger partial charge < -0.3 is 19.9 Å². The molecule has 26 heavy (non-hydrogen) atoms. The fraction of sp³-hybridized carbons (Fsp3) is 0.667. The minimum Gasteiger partial charge on any atom is -0.378 e. The summed E-state index contributed by atoms with van der Waals surface area (Å²) in [6.45, 7) is 5.82. The quantitative estimate of drug-likeness (QED) is 0.773. The largest absolute Gasteiger partial charge is 0.378 e. The summed E-state index contributed by atoms with van der Waals surface area (Å²) in [4.78, 5) is 16.6. The Morgan fingerprint density at radius 1 is 1.19 bits per heavy atom. The second-order valence-corrected chi connectivity index (χ2v) is 7.53. The summed E-state index contributed by atoms with van der Waals surface area (Å²) in [7, 11) is 1.81. The summed E-state index contributed by atoms with van der Waals surface area (Å²) < 4.78 is 5.75. The Kier molecular flexibility index (Phi) is 7.47. The molecule has 0 bridgehead atoms. The number of hydrogen-bond acceptors (Lipinski definition) is 4. The van der Waals surface area contributed by atoms with Crippen LogP contribution in [0, 0.1) is 0 Å². The number of nitrogens with one attached hydrogen (secondary N) is 1. The van der Waals surface area contributed by atoms with Crippen LogP contribution < -0.4 is 5.32 Å². The van der Waals surface area contributed by atoms with Crippen LogP contribution >= 0.6 is 0 Å². The maximum absolute atomic E-state index is 12.2. The molecule has 0 radical (unpaired) electrons. The van der Waals surface area contributed by atoms with Gasteiger partial charge in [-0.25, -0.2) is 0 Å². The monoisotopic (exact) mass is 359 g/mol. The molecule has 0 aromatic heterocycles. The Morgan fingerprint density at radius 3 is 2.69 bits per heavy atom. The fourth-order valence-corrected chi connectivity index (χ4v) is 4.08. The van der Waals surface area contributed by atoms with E-state index in [4.69, 9.17) is 4.74 Å². The van der Waals surface area contributed by atoms with Crippen molar-refractivity contribution in [3.63, 3.8) is 0 Å². The van der Waals surface area contributed by atoms with Gasteiger partial charge in [0.1, 0.15) is 0 Å². The van der Waals surface area contributed by atoms with Gasteiger partial charge in [-0.15, -0.1) is 0 Å². The van der Waals surface area contributed by atoms with Gasteiger partial charge in [-0.3, -0.25) is 4.79 Å². The highest BCUT2D eigenvalue weighted by Gasteiger charge is 2.28. The van der Waals surface area contributed by atoms with Crippen molar-refractivity contribution in [2.75, 3.05) is 39.8 Å². The summed E-state index contributed by atoms with van der Waals surface area (Å²) in [5.74, 6) is 0.338. The van der Waals surface area contributed by atoms with Crippen molar-refractivity contribution >= 4 is 5.91 Å². The van der Waals surface area contributed by atoms with Crippen LogP contribution in [-0.2, 0) is 16.1 Å². The van der Waals surface area contributed by atoms with Crippen LogP contribution in [-0.4, -0.2) is 67.7 Å². The molecule has 2 aliphatic rings. The van der Waals surface area contributed by atoms with Crippen molar-refractivity contribution < 1.29 is 9.53 Å². The van der Waals surface area contributed by atoms with Crippen LogP contribution in [0.4, 0.5) is 0 Å². The molecule has 1 aromatic carbocycles. The minimum atomic E-state index is 0.210. The highest BCUT2D eigenvalue weighted by atomic mass is 16.5. The molecule has 0 unspecified atom stereocenters. The number of likely N-dealkylation sites (tertiary alicyclic amines) is 2. The number of ether oxygens (including phenoxy) is 1. The molecule has 1 aromatic rings. The molecule has 2 aliphatic heterocycles. The van der Waals surface area contributed by atoms with Crippen LogP contribution in [0.2, 0.25) is 0 Å². The van der Waals surface area contributed by atoms with E-state index in [1.807, 2.05) is 12.0 Å². The van der Waals surface area contributed by atoms with E-state index in [0.717, 1.165) is 52.1 Å². The van der Waals surface area contributed by atoms with Crippen molar-refractivity contribution in [1.82, 2.24) is 15.1 Å². The molecule has 5 nitrogen and oxygen atoms in total. The number of rotatable bonds is 8. The first kappa shape index (κ1) is 19.3. The van der Waals surface area contributed by atoms with Crippen molar-refractivity contribution in [2.45, 2.75) is 50.8 Å². The summed E-state index contributed by atoms with van der Waals surface area (Å²) in [6, 6.07) is 10.9. The molecule has 144 valence electrons. The average Bonchev–Trinajstić information content (AvgIpc) is 3.22. The standard InChI is InChI=1S/C21H33N3O2/c1-26-20-17-23(12-7-10-21(25)24-13-5-6-14-24)15-11-19(20)22-16-18-8-3-2-4-9-18/h2-4,8-9,19-20,22H,5-7,10-17H2,1H3/t19-,20+/m0/s1. The zero-order valence-electron chi connectivity index (χ0n) is 16.0. The maximum Gasteiger partial charge on any atom is 0.222 e. The third kappa shape index (κ3) is 5.53. The molecule has 1 amide bonds. The van der Waals surface area contributed by atoms with E-state index in [-0.39, 0.29) is 6.10 Å². The van der Waals surface area contributed by atoms with Crippen molar-refractivity contribution in [2.24, 2.45) is 0 Å². The molecular formula is C21H33N3O2. The number of piperidine rings is 1. The van der Waals surface area contributed by atoms with E-state index >= 15 is 0 Å². The van der Waals surface area contributed by atoms with Crippen LogP contribution in [0.1, 0.15) is 37.7 Å². The van der Waals surface area contributed by atoms with Gasteiger partial charge in [-0.1, -0.05) is 30.3 Å². The van der Waals surface area contributed by atoms with E-state index in [2.05, 4.69) is 40.5 Å².